The molecule has 0 atom stereocenters. The molecule has 0 aliphatic heterocycles. The number of rotatable bonds is 0. The van der Waals surface area contributed by atoms with Crippen LogP contribution in [-0.4, -0.2) is 0 Å². The first-order valence-corrected chi connectivity index (χ1v) is 7.42. The summed E-state index contributed by atoms with van der Waals surface area (Å²) in [5.74, 6) is 0. The zero-order valence-electron chi connectivity index (χ0n) is 11.6. The average Bonchev–Trinajstić information content (AvgIpc) is 2.88. The molecular formula is C21H14. The molecule has 0 heteroatoms. The maximum absolute atomic E-state index is 2.39. The van der Waals surface area contributed by atoms with Gasteiger partial charge in [-0.1, -0.05) is 48.5 Å². The summed E-state index contributed by atoms with van der Waals surface area (Å²) in [6.45, 7) is 0. The van der Waals surface area contributed by atoms with E-state index < -0.39 is 0 Å². The van der Waals surface area contributed by atoms with Crippen LogP contribution in [0, 0.1) is 10.4 Å². The zero-order valence-corrected chi connectivity index (χ0v) is 11.6. The van der Waals surface area contributed by atoms with Gasteiger partial charge in [-0.15, -0.1) is 0 Å². The molecule has 3 aromatic carbocycles. The summed E-state index contributed by atoms with van der Waals surface area (Å²) in [5, 5.41) is 5.47. The van der Waals surface area contributed by atoms with E-state index in [4.69, 9.17) is 0 Å². The monoisotopic (exact) mass is 266 g/mol. The minimum absolute atomic E-state index is 1.04. The third-order valence-electron chi connectivity index (χ3n) is 4.62. The van der Waals surface area contributed by atoms with Crippen molar-refractivity contribution in [3.05, 3.63) is 104 Å². The van der Waals surface area contributed by atoms with Crippen LogP contribution in [0.2, 0.25) is 0 Å². The molecule has 0 fully saturated rings. The minimum Gasteiger partial charge on any atom is -0.0619 e. The lowest BCUT2D eigenvalue weighted by atomic mass is 9.91. The van der Waals surface area contributed by atoms with Gasteiger partial charge in [-0.3, -0.25) is 0 Å². The van der Waals surface area contributed by atoms with Gasteiger partial charge in [-0.2, -0.15) is 0 Å². The van der Waals surface area contributed by atoms with Gasteiger partial charge in [0.2, 0.25) is 0 Å². The molecule has 0 N–H and O–H groups in total. The third-order valence-corrected chi connectivity index (χ3v) is 4.62. The summed E-state index contributed by atoms with van der Waals surface area (Å²) in [6, 6.07) is 22.1. The quantitative estimate of drug-likeness (QED) is 0.404. The fourth-order valence-corrected chi connectivity index (χ4v) is 3.56. The highest BCUT2D eigenvalue weighted by Crippen LogP contribution is 2.19. The van der Waals surface area contributed by atoms with Crippen molar-refractivity contribution in [3.8, 4) is 0 Å². The van der Waals surface area contributed by atoms with E-state index in [1.165, 1.54) is 43.1 Å². The molecular weight excluding hydrogens is 252 g/mol. The Morgan fingerprint density at radius 2 is 1.38 bits per heavy atom. The second-order valence-corrected chi connectivity index (χ2v) is 5.89. The molecule has 0 bridgehead atoms. The Labute approximate surface area is 123 Å². The molecule has 0 saturated heterocycles. The lowest BCUT2D eigenvalue weighted by molar-refractivity contribution is 1.13. The van der Waals surface area contributed by atoms with Crippen molar-refractivity contribution >= 4 is 12.2 Å². The maximum atomic E-state index is 2.39. The summed E-state index contributed by atoms with van der Waals surface area (Å²) in [5.41, 5.74) is 5.59. The zero-order chi connectivity index (χ0) is 13.8. The highest BCUT2D eigenvalue weighted by Gasteiger charge is 2.11. The van der Waals surface area contributed by atoms with Gasteiger partial charge < -0.3 is 0 Å². The first-order valence-electron chi connectivity index (χ1n) is 7.42. The topological polar surface area (TPSA) is 0 Å². The van der Waals surface area contributed by atoms with Crippen LogP contribution in [0.4, 0.5) is 0 Å². The summed E-state index contributed by atoms with van der Waals surface area (Å²) < 4.78 is 0. The molecule has 5 rings (SSSR count). The summed E-state index contributed by atoms with van der Waals surface area (Å²) in [7, 11) is 0. The summed E-state index contributed by atoms with van der Waals surface area (Å²) >= 11 is 0. The molecule has 3 aromatic rings. The third kappa shape index (κ3) is 1.56. The van der Waals surface area contributed by atoms with Gasteiger partial charge in [-0.05, 0) is 73.8 Å². The van der Waals surface area contributed by atoms with E-state index >= 15 is 0 Å². The van der Waals surface area contributed by atoms with Crippen molar-refractivity contribution in [1.29, 1.82) is 0 Å². The van der Waals surface area contributed by atoms with Crippen molar-refractivity contribution in [1.82, 2.24) is 0 Å². The highest BCUT2D eigenvalue weighted by molar-refractivity contribution is 5.63. The van der Waals surface area contributed by atoms with Crippen LogP contribution < -0.4 is 10.4 Å². The van der Waals surface area contributed by atoms with Crippen LogP contribution in [-0.2, 0) is 6.42 Å². The Morgan fingerprint density at radius 1 is 0.571 bits per heavy atom. The molecule has 0 spiro atoms. The number of hydrogen-bond acceptors (Lipinski definition) is 0. The van der Waals surface area contributed by atoms with E-state index in [9.17, 15) is 0 Å². The van der Waals surface area contributed by atoms with Crippen molar-refractivity contribution in [2.24, 2.45) is 0 Å². The molecule has 98 valence electrons. The van der Waals surface area contributed by atoms with Gasteiger partial charge in [-0.25, -0.2) is 0 Å². The maximum Gasteiger partial charge on any atom is -0.00137 e. The second-order valence-electron chi connectivity index (χ2n) is 5.89. The minimum atomic E-state index is 1.04. The van der Waals surface area contributed by atoms with Crippen LogP contribution >= 0.6 is 0 Å². The lowest BCUT2D eigenvalue weighted by Gasteiger charge is -2.13. The van der Waals surface area contributed by atoms with Crippen LogP contribution in [0.25, 0.3) is 12.2 Å². The smallest absolute Gasteiger partial charge is 0.00137 e. The SMILES string of the molecule is C1=c2cc3c(cc2Cc2ccccc21)=c1ccccc1=C3. The van der Waals surface area contributed by atoms with E-state index in [1.54, 1.807) is 0 Å². The van der Waals surface area contributed by atoms with Gasteiger partial charge in [0.1, 0.15) is 0 Å². The molecule has 0 heterocycles. The predicted molar refractivity (Wildman–Crippen MR) is 86.2 cm³/mol. The number of hydrogen-bond donors (Lipinski definition) is 0. The van der Waals surface area contributed by atoms with Crippen LogP contribution in [0.3, 0.4) is 0 Å². The standard InChI is InChI=1S/C21H14/c1-2-6-15-10-18-13-21-19(12-17(18)9-14(15)5-1)11-16-7-3-4-8-20(16)21/h1-9,11-13H,10H2. The Morgan fingerprint density at radius 3 is 2.38 bits per heavy atom. The Hall–Kier alpha value is -2.60. The van der Waals surface area contributed by atoms with Crippen molar-refractivity contribution in [3.63, 3.8) is 0 Å². The number of benzene rings is 3. The van der Waals surface area contributed by atoms with Crippen molar-refractivity contribution in [2.75, 3.05) is 0 Å². The van der Waals surface area contributed by atoms with Gasteiger partial charge in [0.05, 0.1) is 0 Å². The first-order chi connectivity index (χ1) is 10.4. The second kappa shape index (κ2) is 3.95. The highest BCUT2D eigenvalue weighted by atomic mass is 14.1. The summed E-state index contributed by atoms with van der Waals surface area (Å²) in [4.78, 5) is 0. The van der Waals surface area contributed by atoms with Gasteiger partial charge in [0, 0.05) is 0 Å². The van der Waals surface area contributed by atoms with Gasteiger partial charge in [0.15, 0.2) is 0 Å². The Bertz CT molecular complexity index is 1100. The van der Waals surface area contributed by atoms with Crippen LogP contribution in [0.1, 0.15) is 22.3 Å². The van der Waals surface area contributed by atoms with E-state index in [2.05, 4.69) is 72.8 Å². The molecule has 0 saturated carbocycles. The van der Waals surface area contributed by atoms with Gasteiger partial charge in [0.25, 0.3) is 0 Å². The van der Waals surface area contributed by atoms with E-state index in [1.807, 2.05) is 0 Å². The van der Waals surface area contributed by atoms with Gasteiger partial charge >= 0.3 is 0 Å². The molecule has 2 aliphatic carbocycles. The van der Waals surface area contributed by atoms with Crippen molar-refractivity contribution in [2.45, 2.75) is 6.42 Å². The fraction of sp³-hybridized carbons (Fsp3) is 0.0476. The number of fused-ring (bicyclic) bond motifs is 4. The average molecular weight is 266 g/mol. The van der Waals surface area contributed by atoms with E-state index in [0.717, 1.165) is 6.42 Å². The molecule has 0 unspecified atom stereocenters. The molecule has 0 amide bonds. The van der Waals surface area contributed by atoms with E-state index in [0.29, 0.717) is 0 Å². The lowest BCUT2D eigenvalue weighted by Crippen LogP contribution is -2.15. The molecule has 0 aromatic heterocycles. The molecule has 2 aliphatic rings. The predicted octanol–water partition coefficient (Wildman–Crippen LogP) is 2.85. The fourth-order valence-electron chi connectivity index (χ4n) is 3.56. The van der Waals surface area contributed by atoms with Crippen molar-refractivity contribution < 1.29 is 0 Å². The molecule has 0 radical (unpaired) electrons. The Balaban J connectivity index is 1.90. The normalized spacial score (nSPS) is 13.3. The Kier molecular flexibility index (Phi) is 2.09. The first kappa shape index (κ1) is 11.1. The largest absolute Gasteiger partial charge is 0.0619 e. The van der Waals surface area contributed by atoms with Crippen LogP contribution in [0.15, 0.2) is 60.7 Å². The molecule has 21 heavy (non-hydrogen) atoms. The molecule has 0 nitrogen and oxygen atoms in total. The van der Waals surface area contributed by atoms with Crippen LogP contribution in [0.5, 0.6) is 0 Å². The van der Waals surface area contributed by atoms with E-state index in [-0.39, 0.29) is 0 Å². The summed E-state index contributed by atoms with van der Waals surface area (Å²) in [6.07, 6.45) is 5.67.